The number of rotatable bonds is 3. The normalized spacial score (nSPS) is 9.62. The Morgan fingerprint density at radius 1 is 1.24 bits per heavy atom. The zero-order valence-corrected chi connectivity index (χ0v) is 11.8. The molecule has 0 fully saturated rings. The molecule has 1 heterocycles. The van der Waals surface area contributed by atoms with Crippen LogP contribution in [0.2, 0.25) is 0 Å². The first-order chi connectivity index (χ1) is 10.2. The van der Waals surface area contributed by atoms with Gasteiger partial charge in [-0.25, -0.2) is 9.18 Å². The second kappa shape index (κ2) is 7.43. The predicted molar refractivity (Wildman–Crippen MR) is 80.5 cm³/mol. The second-order valence-corrected chi connectivity index (χ2v) is 5.21. The van der Waals surface area contributed by atoms with E-state index >= 15 is 0 Å². The number of amides is 2. The molecule has 0 aliphatic heterocycles. The number of hydrogen-bond donors (Lipinski definition) is 3. The Hall–Kier alpha value is -2.36. The molecule has 4 nitrogen and oxygen atoms in total. The SMILES string of the molecule is O=C(NCc1ccc(C#CCO)s1)Nc1ccc(F)cc1. The van der Waals surface area contributed by atoms with Crippen LogP contribution < -0.4 is 10.6 Å². The minimum atomic E-state index is -0.363. The van der Waals surface area contributed by atoms with Crippen LogP contribution >= 0.6 is 11.3 Å². The number of hydrogen-bond acceptors (Lipinski definition) is 3. The van der Waals surface area contributed by atoms with Gasteiger partial charge in [0.1, 0.15) is 12.4 Å². The van der Waals surface area contributed by atoms with Crippen LogP contribution in [0.15, 0.2) is 36.4 Å². The number of carbonyl (C=O) groups is 1. The Morgan fingerprint density at radius 3 is 2.71 bits per heavy atom. The highest BCUT2D eigenvalue weighted by molar-refractivity contribution is 7.12. The van der Waals surface area contributed by atoms with Crippen molar-refractivity contribution in [3.8, 4) is 11.8 Å². The van der Waals surface area contributed by atoms with E-state index in [0.29, 0.717) is 12.2 Å². The second-order valence-electron chi connectivity index (χ2n) is 4.04. The smallest absolute Gasteiger partial charge is 0.319 e. The summed E-state index contributed by atoms with van der Waals surface area (Å²) in [7, 11) is 0. The zero-order chi connectivity index (χ0) is 15.1. The number of nitrogens with one attached hydrogen (secondary N) is 2. The molecule has 0 bridgehead atoms. The number of urea groups is 1. The minimum absolute atomic E-state index is 0.175. The van der Waals surface area contributed by atoms with Crippen LogP contribution in [0, 0.1) is 17.7 Å². The summed E-state index contributed by atoms with van der Waals surface area (Å²) in [5, 5.41) is 13.9. The maximum absolute atomic E-state index is 12.7. The van der Waals surface area contributed by atoms with Gasteiger partial charge in [-0.3, -0.25) is 0 Å². The van der Waals surface area contributed by atoms with Gasteiger partial charge in [0.25, 0.3) is 0 Å². The monoisotopic (exact) mass is 304 g/mol. The van der Waals surface area contributed by atoms with Crippen molar-refractivity contribution in [1.29, 1.82) is 0 Å². The number of thiophene rings is 1. The predicted octanol–water partition coefficient (Wildman–Crippen LogP) is 2.55. The Bertz CT molecular complexity index is 671. The fraction of sp³-hybridized carbons (Fsp3) is 0.133. The van der Waals surface area contributed by atoms with E-state index in [1.165, 1.54) is 35.6 Å². The molecule has 2 rings (SSSR count). The van der Waals surface area contributed by atoms with E-state index in [1.54, 1.807) is 0 Å². The Balaban J connectivity index is 1.83. The average molecular weight is 304 g/mol. The molecule has 0 aliphatic rings. The first-order valence-corrected chi connectivity index (χ1v) is 6.98. The molecular weight excluding hydrogens is 291 g/mol. The van der Waals surface area contributed by atoms with Gasteiger partial charge in [0.05, 0.1) is 11.4 Å². The first-order valence-electron chi connectivity index (χ1n) is 6.16. The van der Waals surface area contributed by atoms with Crippen LogP contribution in [0.1, 0.15) is 9.75 Å². The summed E-state index contributed by atoms with van der Waals surface area (Å²) < 4.78 is 12.7. The van der Waals surface area contributed by atoms with Crippen LogP contribution in [-0.4, -0.2) is 17.7 Å². The van der Waals surface area contributed by atoms with Gasteiger partial charge in [0, 0.05) is 10.6 Å². The van der Waals surface area contributed by atoms with E-state index in [-0.39, 0.29) is 18.5 Å². The van der Waals surface area contributed by atoms with Crippen LogP contribution in [0.5, 0.6) is 0 Å². The lowest BCUT2D eigenvalue weighted by Crippen LogP contribution is -2.27. The maximum Gasteiger partial charge on any atom is 0.319 e. The molecule has 0 atom stereocenters. The third-order valence-electron chi connectivity index (χ3n) is 2.48. The summed E-state index contributed by atoms with van der Waals surface area (Å²) in [6.07, 6.45) is 0. The fourth-order valence-electron chi connectivity index (χ4n) is 1.54. The molecule has 0 spiro atoms. The molecule has 2 amide bonds. The molecule has 6 heteroatoms. The lowest BCUT2D eigenvalue weighted by Gasteiger charge is -2.06. The molecule has 1 aromatic heterocycles. The van der Waals surface area contributed by atoms with E-state index < -0.39 is 0 Å². The van der Waals surface area contributed by atoms with Crippen molar-refractivity contribution in [2.45, 2.75) is 6.54 Å². The van der Waals surface area contributed by atoms with Gasteiger partial charge >= 0.3 is 6.03 Å². The Kier molecular flexibility index (Phi) is 5.32. The van der Waals surface area contributed by atoms with Gasteiger partial charge in [-0.1, -0.05) is 11.8 Å². The van der Waals surface area contributed by atoms with Gasteiger partial charge in [-0.15, -0.1) is 11.3 Å². The van der Waals surface area contributed by atoms with E-state index in [0.717, 1.165) is 9.75 Å². The van der Waals surface area contributed by atoms with E-state index in [2.05, 4.69) is 22.5 Å². The number of aliphatic hydroxyl groups is 1. The molecular formula is C15H13FN2O2S. The molecule has 0 saturated carbocycles. The molecule has 21 heavy (non-hydrogen) atoms. The van der Waals surface area contributed by atoms with Crippen LogP contribution in [-0.2, 0) is 6.54 Å². The highest BCUT2D eigenvalue weighted by Gasteiger charge is 2.03. The van der Waals surface area contributed by atoms with Crippen molar-refractivity contribution >= 4 is 23.1 Å². The number of benzene rings is 1. The molecule has 1 aromatic carbocycles. The van der Waals surface area contributed by atoms with Gasteiger partial charge in [-0.2, -0.15) is 0 Å². The standard InChI is InChI=1S/C15H13FN2O2S/c16-11-3-5-12(6-4-11)18-15(20)17-10-14-8-7-13(21-14)2-1-9-19/h3-8,19H,9-10H2,(H2,17,18,20). The molecule has 3 N–H and O–H groups in total. The number of halogens is 1. The largest absolute Gasteiger partial charge is 0.384 e. The summed E-state index contributed by atoms with van der Waals surface area (Å²) in [6, 6.07) is 8.87. The van der Waals surface area contributed by atoms with Crippen LogP contribution in [0.3, 0.4) is 0 Å². The molecule has 2 aromatic rings. The summed E-state index contributed by atoms with van der Waals surface area (Å²) in [5.74, 6) is 5.02. The van der Waals surface area contributed by atoms with Crippen molar-refractivity contribution in [1.82, 2.24) is 5.32 Å². The third kappa shape index (κ3) is 4.91. The van der Waals surface area contributed by atoms with Crippen molar-refractivity contribution in [2.75, 3.05) is 11.9 Å². The highest BCUT2D eigenvalue weighted by Crippen LogP contribution is 2.15. The topological polar surface area (TPSA) is 61.4 Å². The van der Waals surface area contributed by atoms with Crippen molar-refractivity contribution in [2.24, 2.45) is 0 Å². The Morgan fingerprint density at radius 2 is 2.00 bits per heavy atom. The van der Waals surface area contributed by atoms with Crippen LogP contribution in [0.4, 0.5) is 14.9 Å². The minimum Gasteiger partial charge on any atom is -0.384 e. The third-order valence-corrected chi connectivity index (χ3v) is 3.48. The lowest BCUT2D eigenvalue weighted by atomic mass is 10.3. The summed E-state index contributed by atoms with van der Waals surface area (Å²) in [6.45, 7) is 0.198. The molecule has 0 radical (unpaired) electrons. The number of anilines is 1. The fourth-order valence-corrected chi connectivity index (χ4v) is 2.36. The lowest BCUT2D eigenvalue weighted by molar-refractivity contribution is 0.252. The zero-order valence-electron chi connectivity index (χ0n) is 11.0. The molecule has 0 unspecified atom stereocenters. The summed E-state index contributed by atoms with van der Waals surface area (Å²) >= 11 is 1.45. The Labute approximate surface area is 125 Å². The quantitative estimate of drug-likeness (QED) is 0.763. The van der Waals surface area contributed by atoms with E-state index in [4.69, 9.17) is 5.11 Å². The first kappa shape index (κ1) is 15.0. The van der Waals surface area contributed by atoms with Gasteiger partial charge in [0.2, 0.25) is 0 Å². The van der Waals surface area contributed by atoms with Gasteiger partial charge in [-0.05, 0) is 36.4 Å². The summed E-state index contributed by atoms with van der Waals surface area (Å²) in [4.78, 5) is 13.5. The van der Waals surface area contributed by atoms with E-state index in [9.17, 15) is 9.18 Å². The average Bonchev–Trinajstić information content (AvgIpc) is 2.93. The highest BCUT2D eigenvalue weighted by atomic mass is 32.1. The van der Waals surface area contributed by atoms with E-state index in [1.807, 2.05) is 12.1 Å². The van der Waals surface area contributed by atoms with Crippen molar-refractivity contribution < 1.29 is 14.3 Å². The van der Waals surface area contributed by atoms with Crippen molar-refractivity contribution in [3.05, 3.63) is 52.0 Å². The van der Waals surface area contributed by atoms with Gasteiger partial charge < -0.3 is 15.7 Å². The molecule has 0 saturated heterocycles. The van der Waals surface area contributed by atoms with Gasteiger partial charge in [0.15, 0.2) is 0 Å². The maximum atomic E-state index is 12.7. The summed E-state index contributed by atoms with van der Waals surface area (Å²) in [5.41, 5.74) is 0.523. The van der Waals surface area contributed by atoms with Crippen LogP contribution in [0.25, 0.3) is 0 Å². The molecule has 0 aliphatic carbocycles. The van der Waals surface area contributed by atoms with Crippen molar-refractivity contribution in [3.63, 3.8) is 0 Å². The number of carbonyl (C=O) groups excluding carboxylic acids is 1. The number of aliphatic hydroxyl groups excluding tert-OH is 1. The molecule has 108 valence electrons.